The van der Waals surface area contributed by atoms with E-state index in [-0.39, 0.29) is 12.3 Å². The molecule has 0 spiro atoms. The molecule has 0 saturated carbocycles. The Kier molecular flexibility index (Phi) is 4.88. The van der Waals surface area contributed by atoms with Crippen LogP contribution in [-0.2, 0) is 6.54 Å². The minimum atomic E-state index is -0.128. The summed E-state index contributed by atoms with van der Waals surface area (Å²) in [6.45, 7) is 4.30. The van der Waals surface area contributed by atoms with Crippen molar-refractivity contribution >= 4 is 5.78 Å². The quantitative estimate of drug-likeness (QED) is 0.646. The maximum atomic E-state index is 12.5. The van der Waals surface area contributed by atoms with Crippen LogP contribution < -0.4 is 4.74 Å². The molecule has 0 amide bonds. The van der Waals surface area contributed by atoms with Gasteiger partial charge in [0.05, 0.1) is 12.7 Å². The first kappa shape index (κ1) is 16.8. The first-order valence-electron chi connectivity index (χ1n) is 8.13. The number of para-hydroxylation sites is 1. The topological polar surface area (TPSA) is 69.9 Å². The lowest BCUT2D eigenvalue weighted by atomic mass is 10.0. The normalized spacial score (nSPS) is 10.9. The molecule has 0 N–H and O–H groups in total. The number of hydrogen-bond donors (Lipinski definition) is 0. The molecular weight excluding hydrogens is 316 g/mol. The van der Waals surface area contributed by atoms with Gasteiger partial charge in [0.25, 0.3) is 0 Å². The van der Waals surface area contributed by atoms with Crippen molar-refractivity contribution in [3.63, 3.8) is 0 Å². The maximum Gasteiger partial charge on any atom is 0.204 e. The molecule has 6 nitrogen and oxygen atoms in total. The van der Waals surface area contributed by atoms with Gasteiger partial charge in [0, 0.05) is 5.56 Å². The highest BCUT2D eigenvalue weighted by atomic mass is 16.5. The number of Topliss-reactive ketones (excluding diaryl/α,β-unsaturated/α-hetero) is 1. The number of benzene rings is 2. The fourth-order valence-electron chi connectivity index (χ4n) is 2.53. The Bertz CT molecular complexity index is 869. The third kappa shape index (κ3) is 3.74. The summed E-state index contributed by atoms with van der Waals surface area (Å²) < 4.78 is 5.22. The van der Waals surface area contributed by atoms with Gasteiger partial charge >= 0.3 is 0 Å². The number of tetrazole rings is 1. The van der Waals surface area contributed by atoms with Crippen molar-refractivity contribution in [2.45, 2.75) is 26.3 Å². The Morgan fingerprint density at radius 3 is 2.52 bits per heavy atom. The van der Waals surface area contributed by atoms with E-state index in [0.29, 0.717) is 23.1 Å². The molecule has 3 aromatic rings. The fraction of sp³-hybridized carbons (Fsp3) is 0.263. The Morgan fingerprint density at radius 1 is 1.12 bits per heavy atom. The zero-order chi connectivity index (χ0) is 17.8. The molecule has 0 saturated heterocycles. The van der Waals surface area contributed by atoms with Crippen molar-refractivity contribution in [1.82, 2.24) is 20.2 Å². The highest BCUT2D eigenvalue weighted by Crippen LogP contribution is 2.20. The van der Waals surface area contributed by atoms with Gasteiger partial charge in [-0.3, -0.25) is 4.79 Å². The van der Waals surface area contributed by atoms with E-state index in [9.17, 15) is 4.79 Å². The van der Waals surface area contributed by atoms with Crippen molar-refractivity contribution < 1.29 is 9.53 Å². The van der Waals surface area contributed by atoms with Gasteiger partial charge in [0.15, 0.2) is 5.78 Å². The Hall–Kier alpha value is -3.02. The molecule has 0 radical (unpaired) electrons. The number of rotatable bonds is 6. The highest BCUT2D eigenvalue weighted by Gasteiger charge is 2.14. The monoisotopic (exact) mass is 336 g/mol. The summed E-state index contributed by atoms with van der Waals surface area (Å²) in [5.41, 5.74) is 2.63. The van der Waals surface area contributed by atoms with E-state index in [1.807, 2.05) is 18.2 Å². The molecule has 2 aromatic carbocycles. The first-order valence-corrected chi connectivity index (χ1v) is 8.13. The number of hydrogen-bond acceptors (Lipinski definition) is 5. The summed E-state index contributed by atoms with van der Waals surface area (Å²) in [6.07, 6.45) is 0. The van der Waals surface area contributed by atoms with Crippen LogP contribution in [0.1, 0.15) is 35.7 Å². The number of methoxy groups -OCH3 is 1. The van der Waals surface area contributed by atoms with Crippen LogP contribution in [0.15, 0.2) is 48.5 Å². The molecule has 0 fully saturated rings. The van der Waals surface area contributed by atoms with Crippen molar-refractivity contribution in [3.8, 4) is 17.1 Å². The lowest BCUT2D eigenvalue weighted by molar-refractivity contribution is 0.0958. The minimum absolute atomic E-state index is 0.0114. The third-order valence-electron chi connectivity index (χ3n) is 3.98. The molecular formula is C19H20N4O2. The van der Waals surface area contributed by atoms with Crippen LogP contribution in [0.25, 0.3) is 11.4 Å². The largest absolute Gasteiger partial charge is 0.496 e. The third-order valence-corrected chi connectivity index (χ3v) is 3.98. The molecule has 0 atom stereocenters. The van der Waals surface area contributed by atoms with Crippen LogP contribution in [0.5, 0.6) is 5.75 Å². The smallest absolute Gasteiger partial charge is 0.204 e. The molecule has 25 heavy (non-hydrogen) atoms. The van der Waals surface area contributed by atoms with Gasteiger partial charge in [0.1, 0.15) is 12.3 Å². The lowest BCUT2D eigenvalue weighted by Gasteiger charge is -2.06. The van der Waals surface area contributed by atoms with Crippen LogP contribution in [0, 0.1) is 0 Å². The van der Waals surface area contributed by atoms with Gasteiger partial charge in [-0.1, -0.05) is 50.2 Å². The van der Waals surface area contributed by atoms with Crippen LogP contribution in [0.3, 0.4) is 0 Å². The van der Waals surface area contributed by atoms with Gasteiger partial charge in [-0.2, -0.15) is 4.80 Å². The van der Waals surface area contributed by atoms with Gasteiger partial charge in [-0.15, -0.1) is 10.2 Å². The SMILES string of the molecule is COc1ccccc1C(=O)Cn1nnc(-c2ccc(C(C)C)cc2)n1. The lowest BCUT2D eigenvalue weighted by Crippen LogP contribution is -2.14. The van der Waals surface area contributed by atoms with Crippen molar-refractivity contribution in [2.75, 3.05) is 7.11 Å². The van der Waals surface area contributed by atoms with Crippen LogP contribution in [0.2, 0.25) is 0 Å². The molecule has 0 unspecified atom stereocenters. The Morgan fingerprint density at radius 2 is 1.84 bits per heavy atom. The van der Waals surface area contributed by atoms with E-state index in [2.05, 4.69) is 41.4 Å². The molecule has 0 bridgehead atoms. The molecule has 1 heterocycles. The Labute approximate surface area is 146 Å². The second-order valence-corrected chi connectivity index (χ2v) is 6.04. The van der Waals surface area contributed by atoms with E-state index >= 15 is 0 Å². The van der Waals surface area contributed by atoms with Gasteiger partial charge < -0.3 is 4.74 Å². The molecule has 0 aliphatic carbocycles. The molecule has 128 valence electrons. The maximum absolute atomic E-state index is 12.5. The van der Waals surface area contributed by atoms with E-state index in [1.165, 1.54) is 10.4 Å². The summed E-state index contributed by atoms with van der Waals surface area (Å²) in [6, 6.07) is 15.2. The molecule has 6 heteroatoms. The average Bonchev–Trinajstić information content (AvgIpc) is 3.10. The fourth-order valence-corrected chi connectivity index (χ4v) is 2.53. The van der Waals surface area contributed by atoms with E-state index in [4.69, 9.17) is 4.74 Å². The molecule has 1 aromatic heterocycles. The highest BCUT2D eigenvalue weighted by molar-refractivity contribution is 5.98. The number of aromatic nitrogens is 4. The first-order chi connectivity index (χ1) is 12.1. The summed E-state index contributed by atoms with van der Waals surface area (Å²) >= 11 is 0. The van der Waals surface area contributed by atoms with Crippen LogP contribution >= 0.6 is 0 Å². The summed E-state index contributed by atoms with van der Waals surface area (Å²) in [5, 5.41) is 12.3. The second-order valence-electron chi connectivity index (χ2n) is 6.04. The summed E-state index contributed by atoms with van der Waals surface area (Å²) in [5.74, 6) is 1.38. The summed E-state index contributed by atoms with van der Waals surface area (Å²) in [4.78, 5) is 13.8. The predicted octanol–water partition coefficient (Wildman–Crippen LogP) is 3.36. The summed E-state index contributed by atoms with van der Waals surface area (Å²) in [7, 11) is 1.54. The predicted molar refractivity (Wildman–Crippen MR) is 94.7 cm³/mol. The number of carbonyl (C=O) groups excluding carboxylic acids is 1. The number of nitrogens with zero attached hydrogens (tertiary/aromatic N) is 4. The standard InChI is InChI=1S/C19H20N4O2/c1-13(2)14-8-10-15(11-9-14)19-20-22-23(21-19)12-17(24)16-6-4-5-7-18(16)25-3/h4-11,13H,12H2,1-3H3. The number of ketones is 1. The number of carbonyl (C=O) groups is 1. The Balaban J connectivity index is 1.76. The molecule has 0 aliphatic heterocycles. The molecule has 3 rings (SSSR count). The van der Waals surface area contributed by atoms with Crippen molar-refractivity contribution in [1.29, 1.82) is 0 Å². The number of ether oxygens (including phenoxy) is 1. The van der Waals surface area contributed by atoms with E-state index in [0.717, 1.165) is 5.56 Å². The second kappa shape index (κ2) is 7.25. The average molecular weight is 336 g/mol. The van der Waals surface area contributed by atoms with Gasteiger partial charge in [-0.05, 0) is 28.8 Å². The van der Waals surface area contributed by atoms with Gasteiger partial charge in [0.2, 0.25) is 5.82 Å². The van der Waals surface area contributed by atoms with Crippen molar-refractivity contribution in [2.24, 2.45) is 0 Å². The van der Waals surface area contributed by atoms with E-state index in [1.54, 1.807) is 25.3 Å². The van der Waals surface area contributed by atoms with Crippen LogP contribution in [0.4, 0.5) is 0 Å². The minimum Gasteiger partial charge on any atom is -0.496 e. The zero-order valence-corrected chi connectivity index (χ0v) is 14.5. The van der Waals surface area contributed by atoms with Crippen LogP contribution in [-0.4, -0.2) is 33.1 Å². The van der Waals surface area contributed by atoms with E-state index < -0.39 is 0 Å². The van der Waals surface area contributed by atoms with Crippen molar-refractivity contribution in [3.05, 3.63) is 59.7 Å². The zero-order valence-electron chi connectivity index (χ0n) is 14.5. The molecule has 0 aliphatic rings. The van der Waals surface area contributed by atoms with Gasteiger partial charge in [-0.25, -0.2) is 0 Å².